The number of rotatable bonds is 5. The van der Waals surface area contributed by atoms with Crippen molar-refractivity contribution < 1.29 is 14.3 Å². The molecule has 1 N–H and O–H groups in total. The molecule has 1 aliphatic carbocycles. The molecule has 0 unspecified atom stereocenters. The van der Waals surface area contributed by atoms with Crippen LogP contribution >= 0.6 is 22.9 Å². The van der Waals surface area contributed by atoms with Gasteiger partial charge in [0.2, 0.25) is 5.91 Å². The number of carbonyl (C=O) groups excluding carboxylic acids is 2. The number of nitrogens with zero attached hydrogens (tertiary/aromatic N) is 1. The summed E-state index contributed by atoms with van der Waals surface area (Å²) >= 11 is 7.55. The fourth-order valence-electron chi connectivity index (χ4n) is 3.22. The van der Waals surface area contributed by atoms with Crippen LogP contribution in [0.3, 0.4) is 0 Å². The van der Waals surface area contributed by atoms with Gasteiger partial charge in [-0.1, -0.05) is 18.0 Å². The quantitative estimate of drug-likeness (QED) is 0.749. The highest BCUT2D eigenvalue weighted by atomic mass is 35.5. The number of thiophene rings is 1. The third kappa shape index (κ3) is 4.82. The van der Waals surface area contributed by atoms with E-state index >= 15 is 0 Å². The van der Waals surface area contributed by atoms with Gasteiger partial charge in [0.15, 0.2) is 0 Å². The van der Waals surface area contributed by atoms with Crippen LogP contribution in [0.25, 0.3) is 0 Å². The SMILES string of the molecule is COc1ccc(Cl)cc1NC(=O)CN(C)C(=O)c1cc2c(s1)CCCCC2. The molecule has 1 aliphatic rings. The molecule has 1 aromatic heterocycles. The van der Waals surface area contributed by atoms with Crippen LogP contribution in [0.5, 0.6) is 5.75 Å². The van der Waals surface area contributed by atoms with Crippen LogP contribution in [0, 0.1) is 0 Å². The van der Waals surface area contributed by atoms with Gasteiger partial charge in [-0.15, -0.1) is 11.3 Å². The summed E-state index contributed by atoms with van der Waals surface area (Å²) in [6.45, 7) is -0.0446. The minimum atomic E-state index is -0.301. The second-order valence-electron chi connectivity index (χ2n) is 6.67. The van der Waals surface area contributed by atoms with E-state index in [1.54, 1.807) is 36.6 Å². The molecule has 3 rings (SSSR count). The summed E-state index contributed by atoms with van der Waals surface area (Å²) in [5.74, 6) is 0.0922. The number of halogens is 1. The summed E-state index contributed by atoms with van der Waals surface area (Å²) in [6.07, 6.45) is 5.69. The molecule has 0 radical (unpaired) electrons. The van der Waals surface area contributed by atoms with Crippen molar-refractivity contribution in [1.29, 1.82) is 0 Å². The molecule has 0 saturated carbocycles. The minimum Gasteiger partial charge on any atom is -0.495 e. The van der Waals surface area contributed by atoms with E-state index in [0.717, 1.165) is 12.8 Å². The Labute approximate surface area is 168 Å². The van der Waals surface area contributed by atoms with Gasteiger partial charge in [-0.2, -0.15) is 0 Å². The molecule has 1 aromatic carbocycles. The summed E-state index contributed by atoms with van der Waals surface area (Å²) in [4.78, 5) is 28.6. The van der Waals surface area contributed by atoms with Crippen molar-refractivity contribution in [2.75, 3.05) is 26.0 Å². The molecule has 2 amide bonds. The summed E-state index contributed by atoms with van der Waals surface area (Å²) < 4.78 is 5.23. The minimum absolute atomic E-state index is 0.0446. The molecule has 1 heterocycles. The van der Waals surface area contributed by atoms with E-state index < -0.39 is 0 Å². The maximum Gasteiger partial charge on any atom is 0.264 e. The number of nitrogens with one attached hydrogen (secondary N) is 1. The first-order chi connectivity index (χ1) is 13.0. The molecular weight excluding hydrogens is 384 g/mol. The molecule has 7 heteroatoms. The molecule has 0 bridgehead atoms. The maximum atomic E-state index is 12.7. The molecule has 0 saturated heterocycles. The average Bonchev–Trinajstić information content (AvgIpc) is 2.91. The molecule has 2 aromatic rings. The zero-order valence-electron chi connectivity index (χ0n) is 15.5. The van der Waals surface area contributed by atoms with E-state index in [1.165, 1.54) is 41.7 Å². The fraction of sp³-hybridized carbons (Fsp3) is 0.400. The molecule has 27 heavy (non-hydrogen) atoms. The highest BCUT2D eigenvalue weighted by Crippen LogP contribution is 2.30. The smallest absolute Gasteiger partial charge is 0.264 e. The number of ether oxygens (including phenoxy) is 1. The Hall–Kier alpha value is -2.05. The van der Waals surface area contributed by atoms with E-state index in [1.807, 2.05) is 6.07 Å². The zero-order chi connectivity index (χ0) is 19.4. The van der Waals surface area contributed by atoms with Crippen molar-refractivity contribution in [3.8, 4) is 5.75 Å². The zero-order valence-corrected chi connectivity index (χ0v) is 17.1. The Morgan fingerprint density at radius 1 is 1.22 bits per heavy atom. The molecular formula is C20H23ClN2O3S. The maximum absolute atomic E-state index is 12.7. The summed E-state index contributed by atoms with van der Waals surface area (Å²) in [5.41, 5.74) is 1.78. The summed E-state index contributed by atoms with van der Waals surface area (Å²) in [6, 6.07) is 7.00. The number of hydrogen-bond acceptors (Lipinski definition) is 4. The van der Waals surface area contributed by atoms with Crippen molar-refractivity contribution in [3.63, 3.8) is 0 Å². The number of hydrogen-bond donors (Lipinski definition) is 1. The molecule has 0 aliphatic heterocycles. The van der Waals surface area contributed by atoms with Gasteiger partial charge in [0.05, 0.1) is 24.2 Å². The van der Waals surface area contributed by atoms with Gasteiger partial charge in [-0.25, -0.2) is 0 Å². The van der Waals surface area contributed by atoms with Crippen LogP contribution in [0.4, 0.5) is 5.69 Å². The van der Waals surface area contributed by atoms with E-state index in [2.05, 4.69) is 5.32 Å². The van der Waals surface area contributed by atoms with E-state index in [0.29, 0.717) is 21.3 Å². The number of aryl methyl sites for hydroxylation is 2. The van der Waals surface area contributed by atoms with Crippen LogP contribution in [-0.4, -0.2) is 37.4 Å². The van der Waals surface area contributed by atoms with E-state index in [-0.39, 0.29) is 18.4 Å². The lowest BCUT2D eigenvalue weighted by atomic mass is 10.1. The molecule has 0 fully saturated rings. The van der Waals surface area contributed by atoms with Gasteiger partial charge in [-0.05, 0) is 55.5 Å². The van der Waals surface area contributed by atoms with Crippen LogP contribution in [0.2, 0.25) is 5.02 Å². The van der Waals surface area contributed by atoms with Gasteiger partial charge in [0, 0.05) is 16.9 Å². The van der Waals surface area contributed by atoms with E-state index in [9.17, 15) is 9.59 Å². The molecule has 0 atom stereocenters. The first kappa shape index (κ1) is 19.7. The number of amides is 2. The first-order valence-corrected chi connectivity index (χ1v) is 10.2. The normalized spacial score (nSPS) is 13.4. The lowest BCUT2D eigenvalue weighted by Gasteiger charge is -2.17. The molecule has 144 valence electrons. The van der Waals surface area contributed by atoms with Gasteiger partial charge in [-0.3, -0.25) is 9.59 Å². The third-order valence-electron chi connectivity index (χ3n) is 4.62. The summed E-state index contributed by atoms with van der Waals surface area (Å²) in [7, 11) is 3.16. The Kier molecular flexibility index (Phi) is 6.39. The predicted molar refractivity (Wildman–Crippen MR) is 109 cm³/mol. The Bertz CT molecular complexity index is 826. The van der Waals surface area contributed by atoms with Crippen molar-refractivity contribution in [2.45, 2.75) is 32.1 Å². The van der Waals surface area contributed by atoms with Crippen molar-refractivity contribution in [1.82, 2.24) is 4.90 Å². The van der Waals surface area contributed by atoms with Crippen molar-refractivity contribution in [2.24, 2.45) is 0 Å². The molecule has 5 nitrogen and oxygen atoms in total. The lowest BCUT2D eigenvalue weighted by molar-refractivity contribution is -0.116. The van der Waals surface area contributed by atoms with Crippen molar-refractivity contribution in [3.05, 3.63) is 44.6 Å². The number of fused-ring (bicyclic) bond motifs is 1. The Morgan fingerprint density at radius 3 is 2.78 bits per heavy atom. The number of anilines is 1. The predicted octanol–water partition coefficient (Wildman–Crippen LogP) is 4.39. The Balaban J connectivity index is 1.64. The number of benzene rings is 1. The van der Waals surface area contributed by atoms with Gasteiger partial charge in [0.25, 0.3) is 5.91 Å². The van der Waals surface area contributed by atoms with Crippen LogP contribution in [0.1, 0.15) is 39.4 Å². The number of methoxy groups -OCH3 is 1. The summed E-state index contributed by atoms with van der Waals surface area (Å²) in [5, 5.41) is 3.25. The van der Waals surface area contributed by atoms with E-state index in [4.69, 9.17) is 16.3 Å². The van der Waals surface area contributed by atoms with Gasteiger partial charge in [0.1, 0.15) is 5.75 Å². The molecule has 0 spiro atoms. The average molecular weight is 407 g/mol. The number of carbonyl (C=O) groups is 2. The standard InChI is InChI=1S/C20H23ClN2O3S/c1-23(12-19(24)22-15-11-14(21)8-9-16(15)26-2)20(25)18-10-13-6-4-3-5-7-17(13)27-18/h8-11H,3-7,12H2,1-2H3,(H,22,24). The second-order valence-corrected chi connectivity index (χ2v) is 8.25. The third-order valence-corrected chi connectivity index (χ3v) is 6.08. The fourth-order valence-corrected chi connectivity index (χ4v) is 4.64. The lowest BCUT2D eigenvalue weighted by Crippen LogP contribution is -2.34. The highest BCUT2D eigenvalue weighted by Gasteiger charge is 2.21. The van der Waals surface area contributed by atoms with Crippen LogP contribution < -0.4 is 10.1 Å². The second kappa shape index (κ2) is 8.76. The van der Waals surface area contributed by atoms with Gasteiger partial charge >= 0.3 is 0 Å². The Morgan fingerprint density at radius 2 is 2.00 bits per heavy atom. The van der Waals surface area contributed by atoms with Crippen LogP contribution in [-0.2, 0) is 17.6 Å². The topological polar surface area (TPSA) is 58.6 Å². The largest absolute Gasteiger partial charge is 0.495 e. The highest BCUT2D eigenvalue weighted by molar-refractivity contribution is 7.14. The van der Waals surface area contributed by atoms with Crippen molar-refractivity contribution >= 4 is 40.4 Å². The first-order valence-electron chi connectivity index (χ1n) is 8.98. The van der Waals surface area contributed by atoms with Crippen LogP contribution in [0.15, 0.2) is 24.3 Å². The van der Waals surface area contributed by atoms with Gasteiger partial charge < -0.3 is 15.0 Å². The monoisotopic (exact) mass is 406 g/mol. The number of likely N-dealkylation sites (N-methyl/N-ethyl adjacent to an activating group) is 1.